The van der Waals surface area contributed by atoms with E-state index in [1.807, 2.05) is 38.1 Å². The van der Waals surface area contributed by atoms with Crippen LogP contribution in [0.25, 0.3) is 0 Å². The molecule has 110 valence electrons. The van der Waals surface area contributed by atoms with E-state index in [1.54, 1.807) is 6.07 Å². The van der Waals surface area contributed by atoms with Crippen molar-refractivity contribution in [2.75, 3.05) is 17.2 Å². The normalized spacial score (nSPS) is 10.2. The van der Waals surface area contributed by atoms with Crippen molar-refractivity contribution in [2.24, 2.45) is 0 Å². The Kier molecular flexibility index (Phi) is 4.93. The number of aryl methyl sites for hydroxylation is 2. The summed E-state index contributed by atoms with van der Waals surface area (Å²) in [6, 6.07) is 11.4. The van der Waals surface area contributed by atoms with Gasteiger partial charge in [-0.2, -0.15) is 0 Å². The zero-order chi connectivity index (χ0) is 15.2. The lowest BCUT2D eigenvalue weighted by Crippen LogP contribution is -2.15. The van der Waals surface area contributed by atoms with Crippen LogP contribution in [-0.4, -0.2) is 17.4 Å². The Bertz CT molecular complexity index is 617. The maximum absolute atomic E-state index is 12.3. The second kappa shape index (κ2) is 6.88. The fourth-order valence-electron chi connectivity index (χ4n) is 2.15. The van der Waals surface area contributed by atoms with Gasteiger partial charge in [-0.15, -0.1) is 0 Å². The van der Waals surface area contributed by atoms with Gasteiger partial charge in [0.25, 0.3) is 5.91 Å². The second-order valence-electron chi connectivity index (χ2n) is 5.17. The molecule has 1 amide bonds. The highest BCUT2D eigenvalue weighted by Crippen LogP contribution is 2.15. The second-order valence-corrected chi connectivity index (χ2v) is 5.17. The molecule has 0 bridgehead atoms. The molecule has 1 aromatic heterocycles. The topological polar surface area (TPSA) is 54.0 Å². The fraction of sp³-hybridized carbons (Fsp3) is 0.294. The summed E-state index contributed by atoms with van der Waals surface area (Å²) in [5, 5.41) is 6.07. The number of anilines is 2. The SMILES string of the molecule is CCCNc1cccc(C(=O)Nc2cc(C)cc(C)c2)n1. The number of pyridine rings is 1. The predicted octanol–water partition coefficient (Wildman–Crippen LogP) is 3.77. The minimum atomic E-state index is -0.194. The summed E-state index contributed by atoms with van der Waals surface area (Å²) in [5.41, 5.74) is 3.45. The highest BCUT2D eigenvalue weighted by atomic mass is 16.1. The van der Waals surface area contributed by atoms with Crippen molar-refractivity contribution < 1.29 is 4.79 Å². The van der Waals surface area contributed by atoms with Crippen molar-refractivity contribution in [3.63, 3.8) is 0 Å². The van der Waals surface area contributed by atoms with Gasteiger partial charge in [0.2, 0.25) is 0 Å². The zero-order valence-corrected chi connectivity index (χ0v) is 12.7. The van der Waals surface area contributed by atoms with Crippen molar-refractivity contribution in [2.45, 2.75) is 27.2 Å². The van der Waals surface area contributed by atoms with Crippen LogP contribution in [0.5, 0.6) is 0 Å². The summed E-state index contributed by atoms with van der Waals surface area (Å²) < 4.78 is 0. The average Bonchev–Trinajstić information content (AvgIpc) is 2.44. The van der Waals surface area contributed by atoms with Gasteiger partial charge in [0.1, 0.15) is 11.5 Å². The number of hydrogen-bond donors (Lipinski definition) is 2. The van der Waals surface area contributed by atoms with Gasteiger partial charge in [-0.3, -0.25) is 4.79 Å². The Morgan fingerprint density at radius 1 is 1.14 bits per heavy atom. The lowest BCUT2D eigenvalue weighted by atomic mass is 10.1. The molecule has 0 aliphatic rings. The fourth-order valence-corrected chi connectivity index (χ4v) is 2.15. The third-order valence-corrected chi connectivity index (χ3v) is 3.02. The Hall–Kier alpha value is -2.36. The number of carbonyl (C=O) groups is 1. The van der Waals surface area contributed by atoms with Gasteiger partial charge in [0.15, 0.2) is 0 Å². The van der Waals surface area contributed by atoms with Gasteiger partial charge >= 0.3 is 0 Å². The van der Waals surface area contributed by atoms with Crippen molar-refractivity contribution in [1.82, 2.24) is 4.98 Å². The van der Waals surface area contributed by atoms with Crippen LogP contribution in [0.1, 0.15) is 35.0 Å². The highest BCUT2D eigenvalue weighted by Gasteiger charge is 2.09. The van der Waals surface area contributed by atoms with E-state index in [9.17, 15) is 4.79 Å². The van der Waals surface area contributed by atoms with Crippen LogP contribution in [0.4, 0.5) is 11.5 Å². The Balaban J connectivity index is 2.12. The molecule has 0 atom stereocenters. The summed E-state index contributed by atoms with van der Waals surface area (Å²) in [7, 11) is 0. The molecule has 0 aliphatic carbocycles. The van der Waals surface area contributed by atoms with E-state index >= 15 is 0 Å². The molecule has 0 aliphatic heterocycles. The molecule has 1 aromatic carbocycles. The van der Waals surface area contributed by atoms with E-state index in [0.29, 0.717) is 5.69 Å². The van der Waals surface area contributed by atoms with E-state index in [-0.39, 0.29) is 5.91 Å². The van der Waals surface area contributed by atoms with Gasteiger partial charge in [-0.25, -0.2) is 4.98 Å². The number of rotatable bonds is 5. The maximum Gasteiger partial charge on any atom is 0.274 e. The molecule has 0 saturated carbocycles. The number of hydrogen-bond acceptors (Lipinski definition) is 3. The Morgan fingerprint density at radius 3 is 2.52 bits per heavy atom. The molecule has 21 heavy (non-hydrogen) atoms. The molecule has 0 fully saturated rings. The molecule has 0 radical (unpaired) electrons. The van der Waals surface area contributed by atoms with Crippen molar-refractivity contribution in [3.05, 3.63) is 53.2 Å². The Labute approximate surface area is 125 Å². The standard InChI is InChI=1S/C17H21N3O/c1-4-8-18-16-7-5-6-15(20-16)17(21)19-14-10-12(2)9-13(3)11-14/h5-7,9-11H,4,8H2,1-3H3,(H,18,20)(H,19,21). The monoisotopic (exact) mass is 283 g/mol. The quantitative estimate of drug-likeness (QED) is 0.878. The summed E-state index contributed by atoms with van der Waals surface area (Å²) in [5.74, 6) is 0.532. The average molecular weight is 283 g/mol. The van der Waals surface area contributed by atoms with Gasteiger partial charge in [-0.1, -0.05) is 19.1 Å². The van der Waals surface area contributed by atoms with Crippen LogP contribution in [0, 0.1) is 13.8 Å². The third-order valence-electron chi connectivity index (χ3n) is 3.02. The summed E-state index contributed by atoms with van der Waals surface area (Å²) in [6.07, 6.45) is 1.01. The largest absolute Gasteiger partial charge is 0.370 e. The molecule has 2 aromatic rings. The van der Waals surface area contributed by atoms with E-state index in [0.717, 1.165) is 35.6 Å². The summed E-state index contributed by atoms with van der Waals surface area (Å²) in [4.78, 5) is 16.6. The van der Waals surface area contributed by atoms with E-state index in [2.05, 4.69) is 28.6 Å². The number of nitrogens with zero attached hydrogens (tertiary/aromatic N) is 1. The number of carbonyl (C=O) groups excluding carboxylic acids is 1. The molecular formula is C17H21N3O. The molecule has 2 N–H and O–H groups in total. The van der Waals surface area contributed by atoms with E-state index < -0.39 is 0 Å². The van der Waals surface area contributed by atoms with E-state index in [4.69, 9.17) is 0 Å². The van der Waals surface area contributed by atoms with Crippen LogP contribution in [-0.2, 0) is 0 Å². The summed E-state index contributed by atoms with van der Waals surface area (Å²) in [6.45, 7) is 6.95. The molecule has 2 rings (SSSR count). The van der Waals surface area contributed by atoms with Crippen molar-refractivity contribution in [3.8, 4) is 0 Å². The lowest BCUT2D eigenvalue weighted by Gasteiger charge is -2.09. The van der Waals surface area contributed by atoms with E-state index in [1.165, 1.54) is 0 Å². The minimum absolute atomic E-state index is 0.194. The van der Waals surface area contributed by atoms with Gasteiger partial charge < -0.3 is 10.6 Å². The van der Waals surface area contributed by atoms with Gasteiger partial charge in [0.05, 0.1) is 0 Å². The lowest BCUT2D eigenvalue weighted by molar-refractivity contribution is 0.102. The van der Waals surface area contributed by atoms with Gasteiger partial charge in [-0.05, 0) is 55.7 Å². The molecule has 4 nitrogen and oxygen atoms in total. The highest BCUT2D eigenvalue weighted by molar-refractivity contribution is 6.03. The predicted molar refractivity (Wildman–Crippen MR) is 86.9 cm³/mol. The maximum atomic E-state index is 12.3. The molecule has 1 heterocycles. The molecular weight excluding hydrogens is 262 g/mol. The van der Waals surface area contributed by atoms with Crippen LogP contribution in [0.2, 0.25) is 0 Å². The minimum Gasteiger partial charge on any atom is -0.370 e. The first-order valence-electron chi connectivity index (χ1n) is 7.19. The van der Waals surface area contributed by atoms with Crippen molar-refractivity contribution in [1.29, 1.82) is 0 Å². The first-order valence-corrected chi connectivity index (χ1v) is 7.19. The first kappa shape index (κ1) is 15.0. The smallest absolute Gasteiger partial charge is 0.274 e. The third kappa shape index (κ3) is 4.31. The first-order chi connectivity index (χ1) is 10.1. The molecule has 0 spiro atoms. The van der Waals surface area contributed by atoms with Crippen LogP contribution in [0.3, 0.4) is 0 Å². The van der Waals surface area contributed by atoms with Crippen LogP contribution >= 0.6 is 0 Å². The van der Waals surface area contributed by atoms with Crippen molar-refractivity contribution >= 4 is 17.4 Å². The summed E-state index contributed by atoms with van der Waals surface area (Å²) >= 11 is 0. The number of nitrogens with one attached hydrogen (secondary N) is 2. The Morgan fingerprint density at radius 2 is 1.86 bits per heavy atom. The number of benzene rings is 1. The number of aromatic nitrogens is 1. The van der Waals surface area contributed by atoms with Crippen LogP contribution in [0.15, 0.2) is 36.4 Å². The molecule has 0 unspecified atom stereocenters. The van der Waals surface area contributed by atoms with Gasteiger partial charge in [0, 0.05) is 12.2 Å². The van der Waals surface area contributed by atoms with Crippen LogP contribution < -0.4 is 10.6 Å². The number of amides is 1. The molecule has 4 heteroatoms. The zero-order valence-electron chi connectivity index (χ0n) is 12.7. The molecule has 0 saturated heterocycles.